The van der Waals surface area contributed by atoms with Crippen molar-refractivity contribution in [1.29, 1.82) is 0 Å². The third-order valence-electron chi connectivity index (χ3n) is 2.74. The molecule has 3 amide bonds. The van der Waals surface area contributed by atoms with Crippen LogP contribution in [0.5, 0.6) is 0 Å². The Labute approximate surface area is 113 Å². The lowest BCUT2D eigenvalue weighted by Gasteiger charge is -2.22. The lowest BCUT2D eigenvalue weighted by Crippen LogP contribution is -2.52. The molecule has 1 unspecified atom stereocenters. The van der Waals surface area contributed by atoms with E-state index in [0.29, 0.717) is 0 Å². The number of amides is 3. The van der Waals surface area contributed by atoms with E-state index in [2.05, 4.69) is 10.6 Å². The van der Waals surface area contributed by atoms with Gasteiger partial charge in [0.2, 0.25) is 11.8 Å². The van der Waals surface area contributed by atoms with Gasteiger partial charge in [-0.2, -0.15) is 0 Å². The summed E-state index contributed by atoms with van der Waals surface area (Å²) in [5, 5.41) is 4.23. The van der Waals surface area contributed by atoms with Gasteiger partial charge in [0.25, 0.3) is 5.91 Å². The maximum Gasteiger partial charge on any atom is 0.253 e. The molecule has 1 atom stereocenters. The Morgan fingerprint density at radius 1 is 1.42 bits per heavy atom. The molecular weight excluding hydrogens is 275 g/mol. The number of benzene rings is 1. The van der Waals surface area contributed by atoms with Crippen LogP contribution in [0.2, 0.25) is 5.02 Å². The molecule has 0 aromatic heterocycles. The van der Waals surface area contributed by atoms with Crippen LogP contribution in [0.3, 0.4) is 0 Å². The third kappa shape index (κ3) is 2.90. The number of rotatable bonds is 2. The van der Waals surface area contributed by atoms with Crippen LogP contribution < -0.4 is 10.6 Å². The van der Waals surface area contributed by atoms with E-state index in [1.165, 1.54) is 12.1 Å². The number of hydrogen-bond acceptors (Lipinski definition) is 3. The zero-order valence-electron chi connectivity index (χ0n) is 9.70. The fraction of sp³-hybridized carbons (Fsp3) is 0.250. The summed E-state index contributed by atoms with van der Waals surface area (Å²) in [6, 6.07) is 3.02. The molecule has 1 aromatic rings. The van der Waals surface area contributed by atoms with Crippen LogP contribution in [-0.4, -0.2) is 23.8 Å². The van der Waals surface area contributed by atoms with Gasteiger partial charge in [-0.25, -0.2) is 4.39 Å². The molecule has 1 aromatic carbocycles. The van der Waals surface area contributed by atoms with Crippen LogP contribution in [0.4, 0.5) is 4.39 Å². The molecule has 7 heteroatoms. The van der Waals surface area contributed by atoms with Crippen molar-refractivity contribution in [2.75, 3.05) is 0 Å². The Kier molecular flexibility index (Phi) is 3.80. The van der Waals surface area contributed by atoms with Crippen LogP contribution >= 0.6 is 11.6 Å². The first-order chi connectivity index (χ1) is 8.99. The van der Waals surface area contributed by atoms with Gasteiger partial charge in [0.05, 0.1) is 10.6 Å². The van der Waals surface area contributed by atoms with Crippen molar-refractivity contribution in [3.05, 3.63) is 34.6 Å². The molecule has 1 fully saturated rings. The van der Waals surface area contributed by atoms with E-state index in [4.69, 9.17) is 11.6 Å². The SMILES string of the molecule is O=C1CCC(NC(=O)c2cccc(F)c2Cl)C(=O)N1. The van der Waals surface area contributed by atoms with E-state index in [1.807, 2.05) is 0 Å². The monoisotopic (exact) mass is 284 g/mol. The Morgan fingerprint density at radius 2 is 2.16 bits per heavy atom. The minimum Gasteiger partial charge on any atom is -0.340 e. The standard InChI is InChI=1S/C12H10ClFN2O3/c13-10-6(2-1-3-7(10)14)11(18)15-8-4-5-9(17)16-12(8)19/h1-3,8H,4-5H2,(H,15,18)(H,16,17,19). The van der Waals surface area contributed by atoms with Crippen LogP contribution in [0, 0.1) is 5.82 Å². The van der Waals surface area contributed by atoms with Gasteiger partial charge >= 0.3 is 0 Å². The highest BCUT2D eigenvalue weighted by molar-refractivity contribution is 6.34. The molecular formula is C12H10ClFN2O3. The van der Waals surface area contributed by atoms with Crippen molar-refractivity contribution in [1.82, 2.24) is 10.6 Å². The van der Waals surface area contributed by atoms with Crippen LogP contribution in [0.1, 0.15) is 23.2 Å². The quantitative estimate of drug-likeness (QED) is 0.796. The van der Waals surface area contributed by atoms with E-state index in [9.17, 15) is 18.8 Å². The predicted molar refractivity (Wildman–Crippen MR) is 65.0 cm³/mol. The lowest BCUT2D eigenvalue weighted by molar-refractivity contribution is -0.134. The van der Waals surface area contributed by atoms with E-state index < -0.39 is 23.7 Å². The average Bonchev–Trinajstić information content (AvgIpc) is 2.36. The zero-order chi connectivity index (χ0) is 14.0. The number of hydrogen-bond donors (Lipinski definition) is 2. The Bertz CT molecular complexity index is 562. The highest BCUT2D eigenvalue weighted by atomic mass is 35.5. The van der Waals surface area contributed by atoms with Crippen molar-refractivity contribution < 1.29 is 18.8 Å². The minimum atomic E-state index is -0.815. The number of piperidine rings is 1. The number of halogens is 2. The maximum absolute atomic E-state index is 13.2. The zero-order valence-corrected chi connectivity index (χ0v) is 10.5. The van der Waals surface area contributed by atoms with Crippen molar-refractivity contribution in [2.45, 2.75) is 18.9 Å². The number of imide groups is 1. The molecule has 1 saturated heterocycles. The number of carbonyl (C=O) groups excluding carboxylic acids is 3. The first-order valence-electron chi connectivity index (χ1n) is 5.57. The second-order valence-electron chi connectivity index (χ2n) is 4.08. The Morgan fingerprint density at radius 3 is 2.84 bits per heavy atom. The highest BCUT2D eigenvalue weighted by Gasteiger charge is 2.28. The van der Waals surface area contributed by atoms with Crippen molar-refractivity contribution in [3.8, 4) is 0 Å². The minimum absolute atomic E-state index is 0.0497. The van der Waals surface area contributed by atoms with E-state index >= 15 is 0 Å². The number of carbonyl (C=O) groups is 3. The molecule has 0 bridgehead atoms. The van der Waals surface area contributed by atoms with Crippen LogP contribution in [0.25, 0.3) is 0 Å². The summed E-state index contributed by atoms with van der Waals surface area (Å²) in [6.45, 7) is 0. The summed E-state index contributed by atoms with van der Waals surface area (Å²) >= 11 is 5.67. The van der Waals surface area contributed by atoms with Crippen molar-refractivity contribution in [2.24, 2.45) is 0 Å². The summed E-state index contributed by atoms with van der Waals surface area (Å²) < 4.78 is 13.2. The molecule has 1 aliphatic heterocycles. The molecule has 0 saturated carbocycles. The summed E-state index contributed by atoms with van der Waals surface area (Å²) in [4.78, 5) is 34.3. The molecule has 0 spiro atoms. The van der Waals surface area contributed by atoms with Crippen LogP contribution in [0.15, 0.2) is 18.2 Å². The van der Waals surface area contributed by atoms with Gasteiger partial charge in [-0.15, -0.1) is 0 Å². The largest absolute Gasteiger partial charge is 0.340 e. The third-order valence-corrected chi connectivity index (χ3v) is 3.12. The summed E-state index contributed by atoms with van der Waals surface area (Å²) in [5.74, 6) is -2.31. The summed E-state index contributed by atoms with van der Waals surface area (Å²) in [7, 11) is 0. The van der Waals surface area contributed by atoms with Crippen molar-refractivity contribution in [3.63, 3.8) is 0 Å². The topological polar surface area (TPSA) is 75.3 Å². The highest BCUT2D eigenvalue weighted by Crippen LogP contribution is 2.19. The van der Waals surface area contributed by atoms with Crippen molar-refractivity contribution >= 4 is 29.3 Å². The van der Waals surface area contributed by atoms with Gasteiger partial charge < -0.3 is 5.32 Å². The van der Waals surface area contributed by atoms with E-state index in [-0.39, 0.29) is 29.3 Å². The Balaban J connectivity index is 2.11. The average molecular weight is 285 g/mol. The molecule has 100 valence electrons. The fourth-order valence-corrected chi connectivity index (χ4v) is 1.96. The molecule has 5 nitrogen and oxygen atoms in total. The first kappa shape index (κ1) is 13.5. The van der Waals surface area contributed by atoms with Gasteiger partial charge in [-0.05, 0) is 18.6 Å². The molecule has 0 aliphatic carbocycles. The first-order valence-corrected chi connectivity index (χ1v) is 5.95. The van der Waals surface area contributed by atoms with Gasteiger partial charge in [0.1, 0.15) is 11.9 Å². The Hall–Kier alpha value is -1.95. The summed E-state index contributed by atoms with van der Waals surface area (Å²) in [6.07, 6.45) is 0.358. The second kappa shape index (κ2) is 5.36. The molecule has 0 radical (unpaired) electrons. The molecule has 2 rings (SSSR count). The lowest BCUT2D eigenvalue weighted by atomic mass is 10.1. The molecule has 1 aliphatic rings. The van der Waals surface area contributed by atoms with Gasteiger partial charge in [0, 0.05) is 6.42 Å². The van der Waals surface area contributed by atoms with E-state index in [1.54, 1.807) is 0 Å². The van der Waals surface area contributed by atoms with Gasteiger partial charge in [-0.3, -0.25) is 19.7 Å². The second-order valence-corrected chi connectivity index (χ2v) is 4.46. The molecule has 19 heavy (non-hydrogen) atoms. The van der Waals surface area contributed by atoms with Gasteiger partial charge in [0.15, 0.2) is 0 Å². The number of nitrogens with one attached hydrogen (secondary N) is 2. The molecule has 1 heterocycles. The maximum atomic E-state index is 13.2. The normalized spacial score (nSPS) is 18.9. The predicted octanol–water partition coefficient (Wildman–Crippen LogP) is 1.01. The fourth-order valence-electron chi connectivity index (χ4n) is 1.75. The van der Waals surface area contributed by atoms with Crippen LogP contribution in [-0.2, 0) is 9.59 Å². The molecule has 2 N–H and O–H groups in total. The smallest absolute Gasteiger partial charge is 0.253 e. The van der Waals surface area contributed by atoms with E-state index in [0.717, 1.165) is 6.07 Å². The summed E-state index contributed by atoms with van der Waals surface area (Å²) in [5.41, 5.74) is -0.0497. The van der Waals surface area contributed by atoms with Gasteiger partial charge in [-0.1, -0.05) is 17.7 Å².